The van der Waals surface area contributed by atoms with E-state index in [2.05, 4.69) is 54.8 Å². The number of phosphoric acid groups is 1. The van der Waals surface area contributed by atoms with Crippen LogP contribution < -0.4 is 0 Å². The topological polar surface area (TPSA) is 132 Å². The van der Waals surface area contributed by atoms with Crippen LogP contribution in [0.3, 0.4) is 0 Å². The van der Waals surface area contributed by atoms with Gasteiger partial charge in [0, 0.05) is 12.8 Å². The molecule has 0 saturated carbocycles. The average molecular weight is 727 g/mol. The molecule has 2 unspecified atom stereocenters. The lowest BCUT2D eigenvalue weighted by molar-refractivity contribution is -0.161. The zero-order valence-electron chi connectivity index (χ0n) is 31.5. The fraction of sp³-hybridized carbons (Fsp3) is 0.800. The van der Waals surface area contributed by atoms with Crippen LogP contribution in [-0.2, 0) is 32.9 Å². The maximum atomic E-state index is 12.4. The molecule has 0 radical (unpaired) electrons. The summed E-state index contributed by atoms with van der Waals surface area (Å²) in [6.07, 6.45) is 38.8. The first kappa shape index (κ1) is 46.3. The van der Waals surface area contributed by atoms with Gasteiger partial charge in [-0.3, -0.25) is 14.1 Å². The summed E-state index contributed by atoms with van der Waals surface area (Å²) in [7, 11) is -4.77. The number of epoxide rings is 1. The van der Waals surface area contributed by atoms with Crippen molar-refractivity contribution in [1.82, 2.24) is 0 Å². The Morgan fingerprint density at radius 1 is 0.640 bits per heavy atom. The lowest BCUT2D eigenvalue weighted by Gasteiger charge is -2.18. The fourth-order valence-corrected chi connectivity index (χ4v) is 6.11. The highest BCUT2D eigenvalue weighted by Gasteiger charge is 2.36. The monoisotopic (exact) mass is 726 g/mol. The number of phosphoric ester groups is 1. The van der Waals surface area contributed by atoms with E-state index < -0.39 is 32.5 Å². The summed E-state index contributed by atoms with van der Waals surface area (Å²) in [6.45, 7) is 3.59. The Balaban J connectivity index is 2.13. The molecule has 1 aliphatic rings. The van der Waals surface area contributed by atoms with Crippen LogP contribution in [-0.4, -0.2) is 53.3 Å². The quantitative estimate of drug-likeness (QED) is 0.0215. The normalized spacial score (nSPS) is 16.9. The number of allylic oxidation sites excluding steroid dienone is 5. The Morgan fingerprint density at radius 3 is 1.76 bits per heavy atom. The van der Waals surface area contributed by atoms with Gasteiger partial charge in [-0.05, 0) is 51.4 Å². The molecule has 0 aromatic rings. The van der Waals surface area contributed by atoms with E-state index in [1.807, 2.05) is 0 Å². The molecule has 1 aliphatic heterocycles. The van der Waals surface area contributed by atoms with Gasteiger partial charge in [-0.25, -0.2) is 4.57 Å². The minimum Gasteiger partial charge on any atom is -0.462 e. The van der Waals surface area contributed by atoms with Crippen LogP contribution in [0.2, 0.25) is 0 Å². The van der Waals surface area contributed by atoms with Crippen molar-refractivity contribution >= 4 is 19.8 Å². The third-order valence-corrected chi connectivity index (χ3v) is 9.32. The van der Waals surface area contributed by atoms with Gasteiger partial charge in [0.2, 0.25) is 0 Å². The van der Waals surface area contributed by atoms with Crippen LogP contribution in [0.25, 0.3) is 0 Å². The maximum Gasteiger partial charge on any atom is 0.469 e. The number of carbonyl (C=O) groups excluding carboxylic acids is 2. The average Bonchev–Trinajstić information content (AvgIpc) is 3.83. The van der Waals surface area contributed by atoms with Crippen molar-refractivity contribution in [2.75, 3.05) is 13.2 Å². The van der Waals surface area contributed by atoms with Crippen LogP contribution in [0.4, 0.5) is 0 Å². The molecule has 1 rings (SSSR count). The van der Waals surface area contributed by atoms with Crippen molar-refractivity contribution in [1.29, 1.82) is 0 Å². The summed E-state index contributed by atoms with van der Waals surface area (Å²) in [6, 6.07) is 0. The molecule has 1 saturated heterocycles. The molecule has 1 fully saturated rings. The molecule has 0 amide bonds. The number of ether oxygens (including phenoxy) is 3. The van der Waals surface area contributed by atoms with Gasteiger partial charge in [0.15, 0.2) is 6.10 Å². The number of rotatable bonds is 35. The first-order valence-electron chi connectivity index (χ1n) is 19.9. The standard InChI is InChI=1S/C40H71O9P/c1-3-5-7-9-11-13-15-17-18-20-22-24-26-28-32-40(42)48-36(35-47-50(43,44)45)34-46-39(41)33-29-31-38-37(49-38)30-27-25-23-21-19-16-14-12-10-8-6-4-2/h12,14,19,21,25,27,36-38H,3-11,13,15-18,20,22-24,26,28-35H2,1-2H3,(H2,43,44,45)/b14-12-,21-19-,27-25-/t36-,37?,38?/m1/s1. The van der Waals surface area contributed by atoms with Gasteiger partial charge in [-0.1, -0.05) is 147 Å². The van der Waals surface area contributed by atoms with E-state index in [-0.39, 0.29) is 31.7 Å². The van der Waals surface area contributed by atoms with E-state index in [9.17, 15) is 14.2 Å². The zero-order valence-corrected chi connectivity index (χ0v) is 32.4. The molecule has 2 N–H and O–H groups in total. The Labute approximate surface area is 304 Å². The van der Waals surface area contributed by atoms with Gasteiger partial charge in [-0.2, -0.15) is 0 Å². The van der Waals surface area contributed by atoms with Gasteiger partial charge < -0.3 is 24.0 Å². The SMILES string of the molecule is CCCCC/C=C\C/C=C\C/C=C\CC1OC1CCCC(=O)OC[C@H](COP(=O)(O)O)OC(=O)CCCCCCCCCCCCCCCC. The van der Waals surface area contributed by atoms with Crippen molar-refractivity contribution in [2.24, 2.45) is 0 Å². The Kier molecular flexibility index (Phi) is 29.5. The molecule has 10 heteroatoms. The number of unbranched alkanes of at least 4 members (excludes halogenated alkanes) is 16. The molecular weight excluding hydrogens is 655 g/mol. The molecule has 0 aromatic carbocycles. The Morgan fingerprint density at radius 2 is 1.16 bits per heavy atom. The van der Waals surface area contributed by atoms with Crippen LogP contribution in [0.5, 0.6) is 0 Å². The van der Waals surface area contributed by atoms with Crippen molar-refractivity contribution in [2.45, 2.75) is 193 Å². The highest BCUT2D eigenvalue weighted by molar-refractivity contribution is 7.46. The van der Waals surface area contributed by atoms with Gasteiger partial charge in [0.05, 0.1) is 18.8 Å². The van der Waals surface area contributed by atoms with Crippen molar-refractivity contribution in [3.63, 3.8) is 0 Å². The lowest BCUT2D eigenvalue weighted by atomic mass is 10.0. The van der Waals surface area contributed by atoms with Crippen LogP contribution in [0.15, 0.2) is 36.5 Å². The lowest BCUT2D eigenvalue weighted by Crippen LogP contribution is -2.29. The van der Waals surface area contributed by atoms with E-state index in [0.717, 1.165) is 44.9 Å². The zero-order chi connectivity index (χ0) is 36.5. The summed E-state index contributed by atoms with van der Waals surface area (Å²) in [5.74, 6) is -0.958. The summed E-state index contributed by atoms with van der Waals surface area (Å²) in [5.41, 5.74) is 0. The van der Waals surface area contributed by atoms with E-state index in [4.69, 9.17) is 24.0 Å². The van der Waals surface area contributed by atoms with E-state index in [0.29, 0.717) is 12.8 Å². The number of hydrogen-bond acceptors (Lipinski definition) is 7. The van der Waals surface area contributed by atoms with Gasteiger partial charge in [0.25, 0.3) is 0 Å². The summed E-state index contributed by atoms with van der Waals surface area (Å²) in [5, 5.41) is 0. The molecule has 290 valence electrons. The third-order valence-electron chi connectivity index (χ3n) is 8.84. The molecule has 50 heavy (non-hydrogen) atoms. The summed E-state index contributed by atoms with van der Waals surface area (Å²) in [4.78, 5) is 42.9. The molecule has 1 heterocycles. The first-order chi connectivity index (χ1) is 24.2. The molecule has 3 atom stereocenters. The molecule has 0 aliphatic carbocycles. The van der Waals surface area contributed by atoms with Crippen molar-refractivity contribution < 1.29 is 42.7 Å². The molecule has 0 spiro atoms. The van der Waals surface area contributed by atoms with E-state index in [1.54, 1.807) is 0 Å². The predicted octanol–water partition coefficient (Wildman–Crippen LogP) is 10.8. The second-order valence-corrected chi connectivity index (χ2v) is 14.9. The molecule has 0 bridgehead atoms. The second-order valence-electron chi connectivity index (χ2n) is 13.6. The molecule has 0 aromatic heterocycles. The number of hydrogen-bond donors (Lipinski definition) is 2. The van der Waals surface area contributed by atoms with E-state index >= 15 is 0 Å². The fourth-order valence-electron chi connectivity index (χ4n) is 5.75. The maximum absolute atomic E-state index is 12.4. The third kappa shape index (κ3) is 31.0. The first-order valence-corrected chi connectivity index (χ1v) is 21.4. The van der Waals surface area contributed by atoms with Crippen LogP contribution in [0, 0.1) is 0 Å². The minimum absolute atomic E-state index is 0.140. The number of esters is 2. The van der Waals surface area contributed by atoms with Crippen molar-refractivity contribution in [3.05, 3.63) is 36.5 Å². The smallest absolute Gasteiger partial charge is 0.462 e. The largest absolute Gasteiger partial charge is 0.469 e. The Hall–Kier alpha value is -1.77. The van der Waals surface area contributed by atoms with E-state index in [1.165, 1.54) is 89.9 Å². The van der Waals surface area contributed by atoms with Gasteiger partial charge in [-0.15, -0.1) is 0 Å². The summed E-state index contributed by atoms with van der Waals surface area (Å²) < 4.78 is 32.1. The van der Waals surface area contributed by atoms with Crippen molar-refractivity contribution in [3.8, 4) is 0 Å². The molecular formula is C40H71O9P. The highest BCUT2D eigenvalue weighted by Crippen LogP contribution is 2.36. The highest BCUT2D eigenvalue weighted by atomic mass is 31.2. The summed E-state index contributed by atoms with van der Waals surface area (Å²) >= 11 is 0. The van der Waals surface area contributed by atoms with Crippen LogP contribution in [0.1, 0.15) is 174 Å². The molecule has 9 nitrogen and oxygen atoms in total. The minimum atomic E-state index is -4.77. The van der Waals surface area contributed by atoms with Gasteiger partial charge in [0.1, 0.15) is 6.61 Å². The Bertz CT molecular complexity index is 974. The van der Waals surface area contributed by atoms with Gasteiger partial charge >= 0.3 is 19.8 Å². The second kappa shape index (κ2) is 31.9. The number of carbonyl (C=O) groups is 2. The predicted molar refractivity (Wildman–Crippen MR) is 202 cm³/mol. The van der Waals surface area contributed by atoms with Crippen LogP contribution >= 0.6 is 7.82 Å².